The standard InChI is InChI=1S/C8H17NO4S/c1-2-3-4-5-14(12,13)6-7(9)8(10)11/h7H,2-6,9H2,1H3,(H,10,11). The summed E-state index contributed by atoms with van der Waals surface area (Å²) in [6.07, 6.45) is 2.34. The predicted octanol–water partition coefficient (Wildman–Crippen LogP) is 0.00330. The highest BCUT2D eigenvalue weighted by atomic mass is 32.2. The Morgan fingerprint density at radius 1 is 1.43 bits per heavy atom. The van der Waals surface area contributed by atoms with Crippen molar-refractivity contribution in [1.29, 1.82) is 0 Å². The Kier molecular flexibility index (Phi) is 5.71. The Bertz CT molecular complexity index is 273. The first-order chi connectivity index (χ1) is 6.39. The number of sulfone groups is 1. The Balaban J connectivity index is 4.01. The molecule has 0 amide bonds. The largest absolute Gasteiger partial charge is 0.480 e. The highest BCUT2D eigenvalue weighted by molar-refractivity contribution is 7.91. The van der Waals surface area contributed by atoms with Crippen molar-refractivity contribution in [1.82, 2.24) is 0 Å². The van der Waals surface area contributed by atoms with Crippen molar-refractivity contribution in [3.05, 3.63) is 0 Å². The van der Waals surface area contributed by atoms with Crippen molar-refractivity contribution in [2.24, 2.45) is 5.73 Å². The highest BCUT2D eigenvalue weighted by Gasteiger charge is 2.20. The van der Waals surface area contributed by atoms with Gasteiger partial charge in [0.2, 0.25) is 0 Å². The number of carboxylic acids is 1. The lowest BCUT2D eigenvalue weighted by molar-refractivity contribution is -0.137. The van der Waals surface area contributed by atoms with Crippen LogP contribution < -0.4 is 5.73 Å². The van der Waals surface area contributed by atoms with E-state index in [0.29, 0.717) is 6.42 Å². The van der Waals surface area contributed by atoms with Gasteiger partial charge in [0.05, 0.1) is 11.5 Å². The van der Waals surface area contributed by atoms with Crippen molar-refractivity contribution in [2.45, 2.75) is 32.2 Å². The monoisotopic (exact) mass is 223 g/mol. The van der Waals surface area contributed by atoms with Crippen LogP contribution >= 0.6 is 0 Å². The van der Waals surface area contributed by atoms with Crippen molar-refractivity contribution < 1.29 is 18.3 Å². The maximum Gasteiger partial charge on any atom is 0.321 e. The van der Waals surface area contributed by atoms with Crippen LogP contribution in [0, 0.1) is 0 Å². The van der Waals surface area contributed by atoms with Gasteiger partial charge in [-0.25, -0.2) is 8.42 Å². The molecule has 3 N–H and O–H groups in total. The number of rotatable bonds is 7. The summed E-state index contributed by atoms with van der Waals surface area (Å²) in [6, 6.07) is -1.30. The topological polar surface area (TPSA) is 97.5 Å². The number of hydrogen-bond acceptors (Lipinski definition) is 4. The molecule has 0 aromatic carbocycles. The van der Waals surface area contributed by atoms with Crippen LogP contribution in [0.5, 0.6) is 0 Å². The van der Waals surface area contributed by atoms with Crippen molar-refractivity contribution >= 4 is 15.8 Å². The average molecular weight is 223 g/mol. The maximum atomic E-state index is 11.3. The van der Waals surface area contributed by atoms with Crippen molar-refractivity contribution in [2.75, 3.05) is 11.5 Å². The molecule has 1 unspecified atom stereocenters. The van der Waals surface area contributed by atoms with E-state index >= 15 is 0 Å². The second-order valence-electron chi connectivity index (χ2n) is 3.27. The summed E-state index contributed by atoms with van der Waals surface area (Å²) in [7, 11) is -3.30. The van der Waals surface area contributed by atoms with Crippen molar-refractivity contribution in [3.63, 3.8) is 0 Å². The molecule has 0 saturated carbocycles. The van der Waals surface area contributed by atoms with Crippen molar-refractivity contribution in [3.8, 4) is 0 Å². The minimum Gasteiger partial charge on any atom is -0.480 e. The van der Waals surface area contributed by atoms with E-state index in [9.17, 15) is 13.2 Å². The molecule has 14 heavy (non-hydrogen) atoms. The molecular formula is C8H17NO4S. The first-order valence-electron chi connectivity index (χ1n) is 4.58. The van der Waals surface area contributed by atoms with Crippen LogP contribution in [0.3, 0.4) is 0 Å². The van der Waals surface area contributed by atoms with E-state index in [1.54, 1.807) is 0 Å². The molecule has 0 radical (unpaired) electrons. The summed E-state index contributed by atoms with van der Waals surface area (Å²) < 4.78 is 22.6. The molecule has 0 spiro atoms. The molecule has 5 nitrogen and oxygen atoms in total. The molecule has 0 fully saturated rings. The molecule has 0 aliphatic carbocycles. The van der Waals surface area contributed by atoms with Gasteiger partial charge in [-0.1, -0.05) is 19.8 Å². The zero-order valence-corrected chi connectivity index (χ0v) is 9.09. The molecule has 1 atom stereocenters. The molecule has 0 aliphatic heterocycles. The number of aliphatic carboxylic acids is 1. The highest BCUT2D eigenvalue weighted by Crippen LogP contribution is 2.01. The molecular weight excluding hydrogens is 206 g/mol. The van der Waals surface area contributed by atoms with Crippen LogP contribution in [-0.2, 0) is 14.6 Å². The summed E-state index contributed by atoms with van der Waals surface area (Å²) in [5.74, 6) is -1.71. The molecule has 0 aromatic rings. The van der Waals surface area contributed by atoms with Crippen LogP contribution in [0.4, 0.5) is 0 Å². The summed E-state index contributed by atoms with van der Waals surface area (Å²) >= 11 is 0. The van der Waals surface area contributed by atoms with E-state index in [0.717, 1.165) is 12.8 Å². The Labute approximate surface area is 84.2 Å². The number of unbranched alkanes of at least 4 members (excludes halogenated alkanes) is 2. The molecule has 6 heteroatoms. The lowest BCUT2D eigenvalue weighted by atomic mass is 10.3. The lowest BCUT2D eigenvalue weighted by Crippen LogP contribution is -2.37. The Morgan fingerprint density at radius 2 is 2.00 bits per heavy atom. The predicted molar refractivity (Wildman–Crippen MR) is 53.8 cm³/mol. The van der Waals surface area contributed by atoms with Gasteiger partial charge in [0.25, 0.3) is 0 Å². The zero-order chi connectivity index (χ0) is 11.2. The van der Waals surface area contributed by atoms with Gasteiger partial charge in [0.1, 0.15) is 6.04 Å². The van der Waals surface area contributed by atoms with Gasteiger partial charge in [-0.3, -0.25) is 4.79 Å². The van der Waals surface area contributed by atoms with E-state index in [1.165, 1.54) is 0 Å². The Hall–Kier alpha value is -0.620. The Morgan fingerprint density at radius 3 is 2.43 bits per heavy atom. The van der Waals surface area contributed by atoms with Gasteiger partial charge < -0.3 is 10.8 Å². The molecule has 84 valence electrons. The van der Waals surface area contributed by atoms with Gasteiger partial charge in [-0.2, -0.15) is 0 Å². The molecule has 0 heterocycles. The van der Waals surface area contributed by atoms with Gasteiger partial charge in [-0.05, 0) is 6.42 Å². The van der Waals surface area contributed by atoms with Gasteiger partial charge in [0.15, 0.2) is 9.84 Å². The van der Waals surface area contributed by atoms with Gasteiger partial charge >= 0.3 is 5.97 Å². The summed E-state index contributed by atoms with van der Waals surface area (Å²) in [6.45, 7) is 1.97. The molecule has 0 bridgehead atoms. The second kappa shape index (κ2) is 5.98. The fourth-order valence-electron chi connectivity index (χ4n) is 1.00. The van der Waals surface area contributed by atoms with Gasteiger partial charge in [-0.15, -0.1) is 0 Å². The third-order valence-electron chi connectivity index (χ3n) is 1.81. The maximum absolute atomic E-state index is 11.3. The zero-order valence-electron chi connectivity index (χ0n) is 8.27. The molecule has 0 saturated heterocycles. The average Bonchev–Trinajstić information content (AvgIpc) is 2.03. The first kappa shape index (κ1) is 13.4. The fraction of sp³-hybridized carbons (Fsp3) is 0.875. The quantitative estimate of drug-likeness (QED) is 0.592. The van der Waals surface area contributed by atoms with E-state index in [-0.39, 0.29) is 5.75 Å². The number of carboxylic acid groups (broad SMARTS) is 1. The van der Waals surface area contributed by atoms with Crippen LogP contribution in [0.1, 0.15) is 26.2 Å². The lowest BCUT2D eigenvalue weighted by Gasteiger charge is -2.07. The third-order valence-corrected chi connectivity index (χ3v) is 3.59. The summed E-state index contributed by atoms with van der Waals surface area (Å²) in [5, 5.41) is 8.43. The van der Waals surface area contributed by atoms with Gasteiger partial charge in [0, 0.05) is 0 Å². The minimum atomic E-state index is -3.30. The minimum absolute atomic E-state index is 0.0296. The van der Waals surface area contributed by atoms with E-state index in [4.69, 9.17) is 10.8 Å². The molecule has 0 aliphatic rings. The van der Waals surface area contributed by atoms with Crippen LogP contribution in [0.15, 0.2) is 0 Å². The molecule has 0 aromatic heterocycles. The number of hydrogen-bond donors (Lipinski definition) is 2. The summed E-state index contributed by atoms with van der Waals surface area (Å²) in [4.78, 5) is 10.3. The fourth-order valence-corrected chi connectivity index (χ4v) is 2.50. The number of carbonyl (C=O) groups is 1. The number of nitrogens with two attached hydrogens (primary N) is 1. The van der Waals surface area contributed by atoms with Crippen LogP contribution in [0.2, 0.25) is 0 Å². The van der Waals surface area contributed by atoms with Crippen LogP contribution in [-0.4, -0.2) is 37.0 Å². The smallest absolute Gasteiger partial charge is 0.321 e. The van der Waals surface area contributed by atoms with Crippen LogP contribution in [0.25, 0.3) is 0 Å². The van der Waals surface area contributed by atoms with E-state index in [1.807, 2.05) is 6.92 Å². The second-order valence-corrected chi connectivity index (χ2v) is 5.49. The van der Waals surface area contributed by atoms with E-state index < -0.39 is 27.6 Å². The normalized spacial score (nSPS) is 13.9. The summed E-state index contributed by atoms with van der Waals surface area (Å²) in [5.41, 5.74) is 5.13. The molecule has 0 rings (SSSR count). The third kappa shape index (κ3) is 5.93. The van der Waals surface area contributed by atoms with E-state index in [2.05, 4.69) is 0 Å². The first-order valence-corrected chi connectivity index (χ1v) is 6.40. The SMILES string of the molecule is CCCCCS(=O)(=O)CC(N)C(=O)O.